The number of aliphatic hydroxyl groups excluding tert-OH is 1. The predicted octanol–water partition coefficient (Wildman–Crippen LogP) is 1.10. The van der Waals surface area contributed by atoms with Crippen molar-refractivity contribution >= 4 is 34.6 Å². The van der Waals surface area contributed by atoms with Crippen molar-refractivity contribution < 1.29 is 14.8 Å². The standard InChI is InChI=1S/C11H9N3O4S/c15-6-12-11-13-10(16)9(19-11)5-7-1-3-8(4-2-7)14(17)18/h1-5,15H,6H2,(H,12,13,16)/b9-5+. The van der Waals surface area contributed by atoms with E-state index in [1.807, 2.05) is 0 Å². The van der Waals surface area contributed by atoms with Crippen molar-refractivity contribution in [3.8, 4) is 0 Å². The molecule has 0 saturated carbocycles. The van der Waals surface area contributed by atoms with Crippen LogP contribution in [-0.2, 0) is 4.79 Å². The average Bonchev–Trinajstić information content (AvgIpc) is 2.71. The summed E-state index contributed by atoms with van der Waals surface area (Å²) in [7, 11) is 0. The minimum Gasteiger partial charge on any atom is -0.374 e. The van der Waals surface area contributed by atoms with Gasteiger partial charge in [-0.2, -0.15) is 0 Å². The second-order valence-corrected chi connectivity index (χ2v) is 4.55. The maximum absolute atomic E-state index is 11.6. The van der Waals surface area contributed by atoms with Gasteiger partial charge in [-0.15, -0.1) is 0 Å². The van der Waals surface area contributed by atoms with E-state index in [-0.39, 0.29) is 11.6 Å². The van der Waals surface area contributed by atoms with Crippen LogP contribution in [0.1, 0.15) is 5.56 Å². The van der Waals surface area contributed by atoms with Crippen molar-refractivity contribution in [2.75, 3.05) is 6.73 Å². The number of amidine groups is 1. The Labute approximate surface area is 112 Å². The highest BCUT2D eigenvalue weighted by Crippen LogP contribution is 2.26. The number of nitro groups is 1. The third kappa shape index (κ3) is 3.18. The number of hydrogen-bond acceptors (Lipinski definition) is 6. The number of carbonyl (C=O) groups is 1. The number of carbonyl (C=O) groups excluding carboxylic acids is 1. The largest absolute Gasteiger partial charge is 0.374 e. The summed E-state index contributed by atoms with van der Waals surface area (Å²) in [4.78, 5) is 25.7. The molecule has 1 aliphatic heterocycles. The van der Waals surface area contributed by atoms with E-state index >= 15 is 0 Å². The molecule has 7 nitrogen and oxygen atoms in total. The third-order valence-electron chi connectivity index (χ3n) is 2.27. The second-order valence-electron chi connectivity index (χ2n) is 3.52. The molecule has 1 fully saturated rings. The number of thioether (sulfide) groups is 1. The number of aliphatic imine (C=N–C) groups is 1. The molecule has 1 heterocycles. The summed E-state index contributed by atoms with van der Waals surface area (Å²) in [5, 5.41) is 22.0. The zero-order chi connectivity index (χ0) is 13.8. The maximum atomic E-state index is 11.6. The Morgan fingerprint density at radius 1 is 1.42 bits per heavy atom. The van der Waals surface area contributed by atoms with Crippen molar-refractivity contribution in [1.29, 1.82) is 0 Å². The zero-order valence-corrected chi connectivity index (χ0v) is 10.4. The highest BCUT2D eigenvalue weighted by Gasteiger charge is 2.23. The first-order chi connectivity index (χ1) is 9.10. The van der Waals surface area contributed by atoms with Crippen LogP contribution in [0, 0.1) is 10.1 Å². The number of nitrogens with zero attached hydrogens (tertiary/aromatic N) is 2. The molecule has 1 aliphatic rings. The molecule has 0 spiro atoms. The summed E-state index contributed by atoms with van der Waals surface area (Å²) in [6.07, 6.45) is 1.60. The van der Waals surface area contributed by atoms with Gasteiger partial charge in [0, 0.05) is 12.1 Å². The lowest BCUT2D eigenvalue weighted by atomic mass is 10.2. The van der Waals surface area contributed by atoms with Crippen molar-refractivity contribution in [2.24, 2.45) is 4.99 Å². The van der Waals surface area contributed by atoms with E-state index in [1.54, 1.807) is 18.2 Å². The molecular formula is C11H9N3O4S. The van der Waals surface area contributed by atoms with Gasteiger partial charge in [-0.05, 0) is 35.5 Å². The van der Waals surface area contributed by atoms with E-state index in [9.17, 15) is 14.9 Å². The van der Waals surface area contributed by atoms with Gasteiger partial charge in [0.15, 0.2) is 5.17 Å². The monoisotopic (exact) mass is 279 g/mol. The van der Waals surface area contributed by atoms with Crippen LogP contribution in [0.25, 0.3) is 6.08 Å². The minimum atomic E-state index is -0.486. The van der Waals surface area contributed by atoms with Crippen molar-refractivity contribution in [3.63, 3.8) is 0 Å². The Hall–Kier alpha value is -2.19. The molecule has 0 radical (unpaired) electrons. The first-order valence-corrected chi connectivity index (χ1v) is 6.02. The van der Waals surface area contributed by atoms with E-state index < -0.39 is 11.7 Å². The van der Waals surface area contributed by atoms with Crippen molar-refractivity contribution in [2.45, 2.75) is 0 Å². The molecule has 8 heteroatoms. The van der Waals surface area contributed by atoms with Gasteiger partial charge >= 0.3 is 0 Å². The van der Waals surface area contributed by atoms with Gasteiger partial charge in [0.25, 0.3) is 11.6 Å². The summed E-state index contributed by atoms with van der Waals surface area (Å²) in [5.74, 6) is -0.310. The summed E-state index contributed by atoms with van der Waals surface area (Å²) in [6.45, 7) is -0.395. The molecule has 0 bridgehead atoms. The Morgan fingerprint density at radius 2 is 2.11 bits per heavy atom. The fraction of sp³-hybridized carbons (Fsp3) is 0.0909. The molecule has 98 valence electrons. The molecule has 0 unspecified atom stereocenters. The molecule has 0 aliphatic carbocycles. The second kappa shape index (κ2) is 5.63. The lowest BCUT2D eigenvalue weighted by molar-refractivity contribution is -0.384. The quantitative estimate of drug-likeness (QED) is 0.490. The summed E-state index contributed by atoms with van der Waals surface area (Å²) < 4.78 is 0. The normalized spacial score (nSPS) is 18.9. The molecule has 2 N–H and O–H groups in total. The van der Waals surface area contributed by atoms with Crippen molar-refractivity contribution in [1.82, 2.24) is 5.32 Å². The number of benzene rings is 1. The number of hydrogen-bond donors (Lipinski definition) is 2. The van der Waals surface area contributed by atoms with E-state index in [2.05, 4.69) is 10.3 Å². The van der Waals surface area contributed by atoms with Crippen LogP contribution in [0.2, 0.25) is 0 Å². The van der Waals surface area contributed by atoms with Gasteiger partial charge in [-0.3, -0.25) is 14.9 Å². The van der Waals surface area contributed by atoms with Crippen LogP contribution >= 0.6 is 11.8 Å². The van der Waals surface area contributed by atoms with Crippen LogP contribution in [0.15, 0.2) is 34.2 Å². The molecule has 1 aromatic rings. The number of nitro benzene ring substituents is 1. The summed E-state index contributed by atoms with van der Waals surface area (Å²) >= 11 is 1.11. The number of amides is 1. The molecule has 19 heavy (non-hydrogen) atoms. The fourth-order valence-electron chi connectivity index (χ4n) is 1.41. The first-order valence-electron chi connectivity index (χ1n) is 5.21. The minimum absolute atomic E-state index is 0.00629. The number of nitrogens with one attached hydrogen (secondary N) is 1. The molecule has 0 aromatic heterocycles. The van der Waals surface area contributed by atoms with Crippen LogP contribution in [0.3, 0.4) is 0 Å². The van der Waals surface area contributed by atoms with Crippen LogP contribution in [0.5, 0.6) is 0 Å². The van der Waals surface area contributed by atoms with Gasteiger partial charge in [-0.25, -0.2) is 4.99 Å². The van der Waals surface area contributed by atoms with Crippen LogP contribution < -0.4 is 5.32 Å². The molecule has 2 rings (SSSR count). The maximum Gasteiger partial charge on any atom is 0.269 e. The number of rotatable bonds is 3. The number of aliphatic hydroxyl groups is 1. The molecule has 1 amide bonds. The lowest BCUT2D eigenvalue weighted by Crippen LogP contribution is -2.19. The van der Waals surface area contributed by atoms with E-state index in [0.29, 0.717) is 15.6 Å². The highest BCUT2D eigenvalue weighted by molar-refractivity contribution is 8.18. The van der Waals surface area contributed by atoms with E-state index in [4.69, 9.17) is 5.11 Å². The zero-order valence-electron chi connectivity index (χ0n) is 9.57. The summed E-state index contributed by atoms with van der Waals surface area (Å²) in [6, 6.07) is 5.85. The van der Waals surface area contributed by atoms with Gasteiger partial charge in [0.1, 0.15) is 6.73 Å². The molecular weight excluding hydrogens is 270 g/mol. The topological polar surface area (TPSA) is 105 Å². The first kappa shape index (κ1) is 13.2. The van der Waals surface area contributed by atoms with Gasteiger partial charge in [0.05, 0.1) is 9.83 Å². The van der Waals surface area contributed by atoms with E-state index in [0.717, 1.165) is 11.8 Å². The smallest absolute Gasteiger partial charge is 0.269 e. The third-order valence-corrected chi connectivity index (χ3v) is 3.21. The fourth-order valence-corrected chi connectivity index (χ4v) is 2.22. The number of non-ortho nitro benzene ring substituents is 1. The highest BCUT2D eigenvalue weighted by atomic mass is 32.2. The predicted molar refractivity (Wildman–Crippen MR) is 71.3 cm³/mol. The van der Waals surface area contributed by atoms with Crippen molar-refractivity contribution in [3.05, 3.63) is 44.8 Å². The van der Waals surface area contributed by atoms with Gasteiger partial charge in [-0.1, -0.05) is 0 Å². The Morgan fingerprint density at radius 3 is 2.68 bits per heavy atom. The van der Waals surface area contributed by atoms with E-state index in [1.165, 1.54) is 12.1 Å². The van der Waals surface area contributed by atoms with Gasteiger partial charge < -0.3 is 10.4 Å². The average molecular weight is 279 g/mol. The molecule has 1 saturated heterocycles. The Balaban J connectivity index is 2.20. The Kier molecular flexibility index (Phi) is 3.93. The SMILES string of the molecule is O=C1N/C(=N\CO)S/C1=C/c1ccc([N+](=O)[O-])cc1. The lowest BCUT2D eigenvalue weighted by Gasteiger charge is -1.95. The van der Waals surface area contributed by atoms with Crippen LogP contribution in [-0.4, -0.2) is 27.8 Å². The van der Waals surface area contributed by atoms with Gasteiger partial charge in [0.2, 0.25) is 0 Å². The Bertz CT molecular complexity index is 580. The molecule has 1 aromatic carbocycles. The summed E-state index contributed by atoms with van der Waals surface area (Å²) in [5.41, 5.74) is 0.668. The van der Waals surface area contributed by atoms with Crippen LogP contribution in [0.4, 0.5) is 5.69 Å². The molecule has 0 atom stereocenters.